The number of methoxy groups -OCH3 is 1. The highest BCUT2D eigenvalue weighted by Gasteiger charge is 2.14. The van der Waals surface area contributed by atoms with Crippen LogP contribution in [0.2, 0.25) is 0 Å². The standard InChI is InChI=1S/C23H23N3O3S/c1-26-22(18-8-5-9-20(13-18)28-2)24-25-23(26)30-15-19(27)14-29-21-11-10-16-6-3-4-7-17(16)12-21/h3-13,19,27H,14-15H2,1-2H3. The summed E-state index contributed by atoms with van der Waals surface area (Å²) in [4.78, 5) is 0. The lowest BCUT2D eigenvalue weighted by molar-refractivity contribution is 0.126. The maximum absolute atomic E-state index is 10.3. The number of aliphatic hydroxyl groups excluding tert-OH is 1. The van der Waals surface area contributed by atoms with Crippen molar-refractivity contribution in [2.45, 2.75) is 11.3 Å². The van der Waals surface area contributed by atoms with Crippen LogP contribution in [0.1, 0.15) is 0 Å². The predicted molar refractivity (Wildman–Crippen MR) is 119 cm³/mol. The minimum Gasteiger partial charge on any atom is -0.497 e. The number of hydrogen-bond acceptors (Lipinski definition) is 6. The Balaban J connectivity index is 1.34. The Hall–Kier alpha value is -3.03. The third-order valence-electron chi connectivity index (χ3n) is 4.73. The van der Waals surface area contributed by atoms with Crippen LogP contribution in [0.4, 0.5) is 0 Å². The number of aromatic nitrogens is 3. The first-order valence-corrected chi connectivity index (χ1v) is 10.6. The van der Waals surface area contributed by atoms with Crippen molar-refractivity contribution in [1.29, 1.82) is 0 Å². The first kappa shape index (κ1) is 20.3. The highest BCUT2D eigenvalue weighted by atomic mass is 32.2. The largest absolute Gasteiger partial charge is 0.497 e. The topological polar surface area (TPSA) is 69.4 Å². The van der Waals surface area contributed by atoms with Crippen molar-refractivity contribution in [3.05, 3.63) is 66.7 Å². The first-order chi connectivity index (χ1) is 14.6. The molecule has 4 aromatic rings. The molecule has 0 amide bonds. The molecule has 1 heterocycles. The van der Waals surface area contributed by atoms with Crippen LogP contribution < -0.4 is 9.47 Å². The fraction of sp³-hybridized carbons (Fsp3) is 0.217. The lowest BCUT2D eigenvalue weighted by Gasteiger charge is -2.12. The smallest absolute Gasteiger partial charge is 0.191 e. The summed E-state index contributed by atoms with van der Waals surface area (Å²) in [5.74, 6) is 2.72. The van der Waals surface area contributed by atoms with Crippen molar-refractivity contribution in [2.75, 3.05) is 19.5 Å². The molecule has 7 heteroatoms. The number of hydrogen-bond donors (Lipinski definition) is 1. The van der Waals surface area contributed by atoms with Crippen LogP contribution in [0.15, 0.2) is 71.9 Å². The molecule has 1 unspecified atom stereocenters. The molecule has 0 bridgehead atoms. The third-order valence-corrected chi connectivity index (χ3v) is 5.90. The molecule has 0 saturated carbocycles. The van der Waals surface area contributed by atoms with Crippen molar-refractivity contribution in [1.82, 2.24) is 14.8 Å². The average Bonchev–Trinajstić information content (AvgIpc) is 3.16. The molecule has 0 radical (unpaired) electrons. The van der Waals surface area contributed by atoms with Crippen LogP contribution in [0.5, 0.6) is 11.5 Å². The van der Waals surface area contributed by atoms with E-state index in [1.807, 2.05) is 72.3 Å². The summed E-state index contributed by atoms with van der Waals surface area (Å²) in [5.41, 5.74) is 0.927. The van der Waals surface area contributed by atoms with Gasteiger partial charge in [-0.1, -0.05) is 54.2 Å². The number of thioether (sulfide) groups is 1. The van der Waals surface area contributed by atoms with Crippen LogP contribution in [0.3, 0.4) is 0 Å². The molecule has 0 fully saturated rings. The molecule has 3 aromatic carbocycles. The number of nitrogens with zero attached hydrogens (tertiary/aromatic N) is 3. The normalized spacial score (nSPS) is 12.1. The van der Waals surface area contributed by atoms with Crippen LogP contribution in [-0.4, -0.2) is 45.4 Å². The van der Waals surface area contributed by atoms with Gasteiger partial charge in [0.2, 0.25) is 0 Å². The lowest BCUT2D eigenvalue weighted by atomic mass is 10.1. The molecule has 4 rings (SSSR count). The van der Waals surface area contributed by atoms with E-state index in [9.17, 15) is 5.11 Å². The molecule has 0 aliphatic heterocycles. The number of fused-ring (bicyclic) bond motifs is 1. The number of rotatable bonds is 8. The maximum atomic E-state index is 10.3. The Morgan fingerprint density at radius 1 is 0.967 bits per heavy atom. The third kappa shape index (κ3) is 4.58. The molecule has 154 valence electrons. The summed E-state index contributed by atoms with van der Waals surface area (Å²) in [6.45, 7) is 0.214. The highest BCUT2D eigenvalue weighted by Crippen LogP contribution is 2.26. The second kappa shape index (κ2) is 9.19. The fourth-order valence-electron chi connectivity index (χ4n) is 3.12. The van der Waals surface area contributed by atoms with Crippen molar-refractivity contribution >= 4 is 22.5 Å². The summed E-state index contributed by atoms with van der Waals surface area (Å²) in [6.07, 6.45) is -0.626. The summed E-state index contributed by atoms with van der Waals surface area (Å²) in [5, 5.41) is 21.9. The van der Waals surface area contributed by atoms with Gasteiger partial charge >= 0.3 is 0 Å². The molecule has 6 nitrogen and oxygen atoms in total. The molecule has 0 aliphatic carbocycles. The average molecular weight is 422 g/mol. The summed E-state index contributed by atoms with van der Waals surface area (Å²) in [6, 6.07) is 21.7. The van der Waals surface area contributed by atoms with Crippen molar-refractivity contribution in [3.63, 3.8) is 0 Å². The van der Waals surface area contributed by atoms with Crippen molar-refractivity contribution in [3.8, 4) is 22.9 Å². The molecule has 1 aromatic heterocycles. The van der Waals surface area contributed by atoms with Crippen LogP contribution in [0, 0.1) is 0 Å². The predicted octanol–water partition coefficient (Wildman–Crippen LogP) is 4.18. The van der Waals surface area contributed by atoms with Crippen LogP contribution >= 0.6 is 11.8 Å². The molecule has 1 atom stereocenters. The second-order valence-corrected chi connectivity index (χ2v) is 7.87. The van der Waals surface area contributed by atoms with Gasteiger partial charge in [0, 0.05) is 18.4 Å². The van der Waals surface area contributed by atoms with Crippen LogP contribution in [-0.2, 0) is 7.05 Å². The highest BCUT2D eigenvalue weighted by molar-refractivity contribution is 7.99. The van der Waals surface area contributed by atoms with E-state index in [1.54, 1.807) is 7.11 Å². The first-order valence-electron chi connectivity index (χ1n) is 9.60. The van der Waals surface area contributed by atoms with Gasteiger partial charge in [0.25, 0.3) is 0 Å². The molecular weight excluding hydrogens is 398 g/mol. The van der Waals surface area contributed by atoms with E-state index in [0.717, 1.165) is 38.8 Å². The molecule has 0 saturated heterocycles. The Morgan fingerprint density at radius 2 is 1.80 bits per heavy atom. The van der Waals surface area contributed by atoms with E-state index in [0.29, 0.717) is 5.75 Å². The zero-order valence-corrected chi connectivity index (χ0v) is 17.7. The van der Waals surface area contributed by atoms with E-state index in [2.05, 4.69) is 16.3 Å². The molecule has 1 N–H and O–H groups in total. The molecular formula is C23H23N3O3S. The summed E-state index contributed by atoms with van der Waals surface area (Å²) >= 11 is 1.45. The van der Waals surface area contributed by atoms with Crippen molar-refractivity contribution in [2.24, 2.45) is 7.05 Å². The van der Waals surface area contributed by atoms with E-state index in [4.69, 9.17) is 9.47 Å². The van der Waals surface area contributed by atoms with Gasteiger partial charge in [-0.15, -0.1) is 10.2 Å². The van der Waals surface area contributed by atoms with E-state index < -0.39 is 6.10 Å². The number of aliphatic hydroxyl groups is 1. The Kier molecular flexibility index (Phi) is 6.21. The van der Waals surface area contributed by atoms with Gasteiger partial charge < -0.3 is 19.1 Å². The zero-order valence-electron chi connectivity index (χ0n) is 16.9. The lowest BCUT2D eigenvalue weighted by Crippen LogP contribution is -2.20. The number of ether oxygens (including phenoxy) is 2. The van der Waals surface area contributed by atoms with E-state index >= 15 is 0 Å². The van der Waals surface area contributed by atoms with Gasteiger partial charge in [-0.25, -0.2) is 0 Å². The van der Waals surface area contributed by atoms with Gasteiger partial charge in [-0.2, -0.15) is 0 Å². The fourth-order valence-corrected chi connectivity index (χ4v) is 3.94. The second-order valence-electron chi connectivity index (χ2n) is 6.88. The Labute approximate surface area is 179 Å². The molecule has 30 heavy (non-hydrogen) atoms. The Morgan fingerprint density at radius 3 is 2.63 bits per heavy atom. The molecule has 0 spiro atoms. The minimum atomic E-state index is -0.626. The van der Waals surface area contributed by atoms with E-state index in [1.165, 1.54) is 11.8 Å². The summed E-state index contributed by atoms with van der Waals surface area (Å²) < 4.78 is 13.0. The van der Waals surface area contributed by atoms with Gasteiger partial charge in [0.1, 0.15) is 18.1 Å². The van der Waals surface area contributed by atoms with Gasteiger partial charge in [-0.05, 0) is 35.0 Å². The van der Waals surface area contributed by atoms with Gasteiger partial charge in [0.05, 0.1) is 13.2 Å². The minimum absolute atomic E-state index is 0.214. The number of benzene rings is 3. The van der Waals surface area contributed by atoms with E-state index in [-0.39, 0.29) is 6.61 Å². The van der Waals surface area contributed by atoms with Crippen molar-refractivity contribution < 1.29 is 14.6 Å². The summed E-state index contributed by atoms with van der Waals surface area (Å²) in [7, 11) is 3.55. The Bertz CT molecular complexity index is 1150. The monoisotopic (exact) mass is 421 g/mol. The van der Waals surface area contributed by atoms with Gasteiger partial charge in [-0.3, -0.25) is 0 Å². The maximum Gasteiger partial charge on any atom is 0.191 e. The SMILES string of the molecule is COc1cccc(-c2nnc(SCC(O)COc3ccc4ccccc4c3)n2C)c1. The van der Waals surface area contributed by atoms with Crippen LogP contribution in [0.25, 0.3) is 22.2 Å². The quantitative estimate of drug-likeness (QED) is 0.431. The molecule has 0 aliphatic rings. The van der Waals surface area contributed by atoms with Gasteiger partial charge in [0.15, 0.2) is 11.0 Å². The zero-order chi connectivity index (χ0) is 20.9.